The van der Waals surface area contributed by atoms with Crippen molar-refractivity contribution in [3.63, 3.8) is 0 Å². The molecule has 7 heteroatoms. The molecule has 1 atom stereocenters. The van der Waals surface area contributed by atoms with Gasteiger partial charge in [-0.25, -0.2) is 10.2 Å². The number of hydrogen-bond donors (Lipinski definition) is 2. The van der Waals surface area contributed by atoms with E-state index in [9.17, 15) is 14.0 Å². The second-order valence-corrected chi connectivity index (χ2v) is 4.87. The minimum absolute atomic E-state index is 0.0929. The number of thioether (sulfide) groups is 1. The van der Waals surface area contributed by atoms with Gasteiger partial charge in [0.1, 0.15) is 17.7 Å². The smallest absolute Gasteiger partial charge is 0.253 e. The molecular weight excluding hydrogens is 257 g/mol. The minimum Gasteiger partial charge on any atom is -0.316 e. The Morgan fingerprint density at radius 2 is 2.17 bits per heavy atom. The van der Waals surface area contributed by atoms with E-state index < -0.39 is 5.91 Å². The van der Waals surface area contributed by atoms with E-state index in [1.165, 1.54) is 28.8 Å². The Morgan fingerprint density at radius 3 is 2.78 bits per heavy atom. The van der Waals surface area contributed by atoms with Crippen LogP contribution in [0.2, 0.25) is 0 Å². The summed E-state index contributed by atoms with van der Waals surface area (Å²) in [4.78, 5) is 24.4. The summed E-state index contributed by atoms with van der Waals surface area (Å²) in [5.41, 5.74) is 2.78. The largest absolute Gasteiger partial charge is 0.316 e. The quantitative estimate of drug-likeness (QED) is 0.473. The van der Waals surface area contributed by atoms with Gasteiger partial charge in [0, 0.05) is 0 Å². The van der Waals surface area contributed by atoms with Crippen molar-refractivity contribution in [1.29, 1.82) is 0 Å². The molecule has 96 valence electrons. The third-order valence-corrected chi connectivity index (χ3v) is 3.85. The molecule has 1 aliphatic rings. The number of hydrogen-bond acceptors (Lipinski definition) is 4. The number of carbonyl (C=O) groups excluding carboxylic acids is 2. The molecule has 1 fully saturated rings. The summed E-state index contributed by atoms with van der Waals surface area (Å²) in [7, 11) is 0. The van der Waals surface area contributed by atoms with Crippen molar-refractivity contribution in [2.45, 2.75) is 5.37 Å². The highest BCUT2D eigenvalue weighted by molar-refractivity contribution is 8.00. The Morgan fingerprint density at radius 1 is 1.50 bits per heavy atom. The molecule has 1 aliphatic heterocycles. The lowest BCUT2D eigenvalue weighted by atomic mass is 10.2. The van der Waals surface area contributed by atoms with Gasteiger partial charge in [0.2, 0.25) is 5.91 Å². The van der Waals surface area contributed by atoms with Crippen LogP contribution in [0.3, 0.4) is 0 Å². The zero-order valence-electron chi connectivity index (χ0n) is 9.43. The zero-order chi connectivity index (χ0) is 13.1. The van der Waals surface area contributed by atoms with Gasteiger partial charge < -0.3 is 4.90 Å². The van der Waals surface area contributed by atoms with Gasteiger partial charge in [-0.2, -0.15) is 0 Å². The van der Waals surface area contributed by atoms with Crippen molar-refractivity contribution >= 4 is 23.6 Å². The van der Waals surface area contributed by atoms with Gasteiger partial charge in [-0.1, -0.05) is 12.1 Å². The maximum atomic E-state index is 12.8. The maximum Gasteiger partial charge on any atom is 0.253 e. The number of halogens is 1. The van der Waals surface area contributed by atoms with E-state index in [1.807, 2.05) is 5.43 Å². The van der Waals surface area contributed by atoms with Crippen molar-refractivity contribution in [1.82, 2.24) is 10.3 Å². The molecule has 0 aromatic heterocycles. The van der Waals surface area contributed by atoms with E-state index in [0.29, 0.717) is 5.75 Å². The standard InChI is InChI=1S/C11H12FN3O2S/c12-8-3-1-7(2-4-8)11-15(5-9(16)14-13)10(17)6-18-11/h1-4,11H,5-6,13H2,(H,14,16). The van der Waals surface area contributed by atoms with Crippen LogP contribution in [-0.4, -0.2) is 29.0 Å². The first kappa shape index (κ1) is 12.8. The molecular formula is C11H12FN3O2S. The van der Waals surface area contributed by atoms with Gasteiger partial charge in [-0.15, -0.1) is 11.8 Å². The predicted molar refractivity (Wildman–Crippen MR) is 65.6 cm³/mol. The molecule has 0 aliphatic carbocycles. The lowest BCUT2D eigenvalue weighted by molar-refractivity contribution is -0.133. The number of nitrogens with one attached hydrogen (secondary N) is 1. The molecule has 2 rings (SSSR count). The summed E-state index contributed by atoms with van der Waals surface area (Å²) in [6.45, 7) is -0.0929. The Hall–Kier alpha value is -1.60. The minimum atomic E-state index is -0.432. The van der Waals surface area contributed by atoms with Crippen LogP contribution in [0.25, 0.3) is 0 Å². The number of hydrazine groups is 1. The SMILES string of the molecule is NNC(=O)CN1C(=O)CSC1c1ccc(F)cc1. The number of amides is 2. The summed E-state index contributed by atoms with van der Waals surface area (Å²) >= 11 is 1.40. The van der Waals surface area contributed by atoms with E-state index in [0.717, 1.165) is 5.56 Å². The van der Waals surface area contributed by atoms with E-state index in [1.54, 1.807) is 12.1 Å². The van der Waals surface area contributed by atoms with Crippen molar-refractivity contribution in [3.05, 3.63) is 35.6 Å². The third-order valence-electron chi connectivity index (χ3n) is 2.60. The highest BCUT2D eigenvalue weighted by Crippen LogP contribution is 2.38. The number of nitrogens with zero attached hydrogens (tertiary/aromatic N) is 1. The van der Waals surface area contributed by atoms with Crippen LogP contribution >= 0.6 is 11.8 Å². The Labute approximate surface area is 107 Å². The van der Waals surface area contributed by atoms with Gasteiger partial charge in [0.15, 0.2) is 0 Å². The number of rotatable bonds is 3. The Kier molecular flexibility index (Phi) is 3.83. The average Bonchev–Trinajstić information content (AvgIpc) is 2.72. The molecule has 0 bridgehead atoms. The van der Waals surface area contributed by atoms with Crippen molar-refractivity contribution in [2.75, 3.05) is 12.3 Å². The van der Waals surface area contributed by atoms with Crippen LogP contribution < -0.4 is 11.3 Å². The summed E-state index contributed by atoms with van der Waals surface area (Å²) < 4.78 is 12.8. The first-order valence-electron chi connectivity index (χ1n) is 5.28. The molecule has 1 aromatic carbocycles. The number of benzene rings is 1. The second kappa shape index (κ2) is 5.36. The van der Waals surface area contributed by atoms with Crippen LogP contribution in [0.4, 0.5) is 4.39 Å². The van der Waals surface area contributed by atoms with E-state index in [-0.39, 0.29) is 23.6 Å². The fourth-order valence-electron chi connectivity index (χ4n) is 1.73. The third kappa shape index (κ3) is 2.62. The molecule has 1 unspecified atom stereocenters. The van der Waals surface area contributed by atoms with Crippen LogP contribution in [0.5, 0.6) is 0 Å². The molecule has 1 heterocycles. The van der Waals surface area contributed by atoms with Gasteiger partial charge in [0.25, 0.3) is 5.91 Å². The fraction of sp³-hybridized carbons (Fsp3) is 0.273. The van der Waals surface area contributed by atoms with E-state index in [4.69, 9.17) is 5.84 Å². The summed E-state index contributed by atoms with van der Waals surface area (Å²) in [5.74, 6) is 4.42. The van der Waals surface area contributed by atoms with Crippen LogP contribution in [-0.2, 0) is 9.59 Å². The second-order valence-electron chi connectivity index (χ2n) is 3.80. The van der Waals surface area contributed by atoms with Gasteiger partial charge in [-0.05, 0) is 17.7 Å². The molecule has 1 saturated heterocycles. The fourth-order valence-corrected chi connectivity index (χ4v) is 2.92. The van der Waals surface area contributed by atoms with Crippen molar-refractivity contribution in [2.24, 2.45) is 5.84 Å². The predicted octanol–water partition coefficient (Wildman–Crippen LogP) is 0.390. The molecule has 5 nitrogen and oxygen atoms in total. The van der Waals surface area contributed by atoms with Crippen molar-refractivity contribution < 1.29 is 14.0 Å². The summed E-state index contributed by atoms with van der Waals surface area (Å²) in [6.07, 6.45) is 0. The number of nitrogens with two attached hydrogens (primary N) is 1. The van der Waals surface area contributed by atoms with E-state index in [2.05, 4.69) is 0 Å². The lowest BCUT2D eigenvalue weighted by Crippen LogP contribution is -2.41. The average molecular weight is 269 g/mol. The topological polar surface area (TPSA) is 75.4 Å². The maximum absolute atomic E-state index is 12.8. The first-order chi connectivity index (χ1) is 8.61. The van der Waals surface area contributed by atoms with Gasteiger partial charge >= 0.3 is 0 Å². The van der Waals surface area contributed by atoms with Crippen LogP contribution in [0.1, 0.15) is 10.9 Å². The highest BCUT2D eigenvalue weighted by atomic mass is 32.2. The van der Waals surface area contributed by atoms with Crippen LogP contribution in [0, 0.1) is 5.82 Å². The van der Waals surface area contributed by atoms with Gasteiger partial charge in [-0.3, -0.25) is 15.0 Å². The summed E-state index contributed by atoms with van der Waals surface area (Å²) in [6, 6.07) is 5.89. The highest BCUT2D eigenvalue weighted by Gasteiger charge is 2.33. The molecule has 3 N–H and O–H groups in total. The molecule has 18 heavy (non-hydrogen) atoms. The normalized spacial score (nSPS) is 19.1. The van der Waals surface area contributed by atoms with E-state index >= 15 is 0 Å². The molecule has 1 aromatic rings. The Bertz CT molecular complexity index is 466. The van der Waals surface area contributed by atoms with Crippen LogP contribution in [0.15, 0.2) is 24.3 Å². The molecule has 0 spiro atoms. The zero-order valence-corrected chi connectivity index (χ0v) is 10.2. The summed E-state index contributed by atoms with van der Waals surface area (Å²) in [5, 5.41) is -0.268. The molecule has 0 saturated carbocycles. The van der Waals surface area contributed by atoms with Crippen molar-refractivity contribution in [3.8, 4) is 0 Å². The molecule has 0 radical (unpaired) electrons. The monoisotopic (exact) mass is 269 g/mol. The van der Waals surface area contributed by atoms with Gasteiger partial charge in [0.05, 0.1) is 5.75 Å². The number of carbonyl (C=O) groups is 2. The Balaban J connectivity index is 2.18. The molecule has 2 amide bonds. The first-order valence-corrected chi connectivity index (χ1v) is 6.32. The lowest BCUT2D eigenvalue weighted by Gasteiger charge is -2.23.